The highest BCUT2D eigenvalue weighted by atomic mass is 35.5. The maximum atomic E-state index is 11.9. The number of nitriles is 1. The van der Waals surface area contributed by atoms with Crippen molar-refractivity contribution in [1.29, 1.82) is 5.26 Å². The SMILES string of the molecule is N#CC(=Cc1ccc(O)c(Cl)c1)C(=O)NCC1CCCO1. The Kier molecular flexibility index (Phi) is 5.20. The summed E-state index contributed by atoms with van der Waals surface area (Å²) in [6.07, 6.45) is 3.36. The van der Waals surface area contributed by atoms with Crippen molar-refractivity contribution in [3.63, 3.8) is 0 Å². The highest BCUT2D eigenvalue weighted by Gasteiger charge is 2.17. The van der Waals surface area contributed by atoms with Gasteiger partial charge in [0.25, 0.3) is 5.91 Å². The Morgan fingerprint density at radius 1 is 1.62 bits per heavy atom. The second kappa shape index (κ2) is 7.11. The van der Waals surface area contributed by atoms with Crippen molar-refractivity contribution in [2.24, 2.45) is 0 Å². The molecule has 0 aliphatic carbocycles. The van der Waals surface area contributed by atoms with Gasteiger partial charge in [0.15, 0.2) is 0 Å². The fourth-order valence-electron chi connectivity index (χ4n) is 2.04. The van der Waals surface area contributed by atoms with E-state index in [2.05, 4.69) is 5.32 Å². The van der Waals surface area contributed by atoms with Crippen LogP contribution in [0.1, 0.15) is 18.4 Å². The number of phenolic OH excluding ortho intramolecular Hbond substituents is 1. The average Bonchev–Trinajstić information content (AvgIpc) is 2.99. The lowest BCUT2D eigenvalue weighted by molar-refractivity contribution is -0.117. The first kappa shape index (κ1) is 15.4. The van der Waals surface area contributed by atoms with Gasteiger partial charge >= 0.3 is 0 Å². The molecule has 21 heavy (non-hydrogen) atoms. The Hall–Kier alpha value is -2.03. The van der Waals surface area contributed by atoms with E-state index in [1.54, 1.807) is 6.07 Å². The van der Waals surface area contributed by atoms with E-state index in [0.29, 0.717) is 18.7 Å². The number of nitrogens with zero attached hydrogens (tertiary/aromatic N) is 1. The first-order chi connectivity index (χ1) is 10.1. The molecule has 1 aliphatic rings. The number of carbonyl (C=O) groups excluding carboxylic acids is 1. The Bertz CT molecular complexity index is 601. The molecule has 1 heterocycles. The van der Waals surface area contributed by atoms with Crippen LogP contribution in [0, 0.1) is 11.3 Å². The summed E-state index contributed by atoms with van der Waals surface area (Å²) in [5.74, 6) is -0.493. The van der Waals surface area contributed by atoms with Crippen LogP contribution in [-0.4, -0.2) is 30.3 Å². The molecule has 2 rings (SSSR count). The van der Waals surface area contributed by atoms with Crippen molar-refractivity contribution in [3.05, 3.63) is 34.4 Å². The molecule has 1 aliphatic heterocycles. The lowest BCUT2D eigenvalue weighted by Gasteiger charge is -2.10. The number of benzene rings is 1. The van der Waals surface area contributed by atoms with Crippen molar-refractivity contribution in [1.82, 2.24) is 5.32 Å². The monoisotopic (exact) mass is 306 g/mol. The predicted molar refractivity (Wildman–Crippen MR) is 78.7 cm³/mol. The third-order valence-electron chi connectivity index (χ3n) is 3.16. The molecular weight excluding hydrogens is 292 g/mol. The van der Waals surface area contributed by atoms with E-state index < -0.39 is 5.91 Å². The zero-order valence-electron chi connectivity index (χ0n) is 11.3. The summed E-state index contributed by atoms with van der Waals surface area (Å²) in [6, 6.07) is 6.34. The van der Waals surface area contributed by atoms with E-state index >= 15 is 0 Å². The smallest absolute Gasteiger partial charge is 0.262 e. The normalized spacial score (nSPS) is 18.3. The van der Waals surface area contributed by atoms with Crippen LogP contribution >= 0.6 is 11.6 Å². The fourth-order valence-corrected chi connectivity index (χ4v) is 2.22. The quantitative estimate of drug-likeness (QED) is 0.660. The molecule has 2 N–H and O–H groups in total. The summed E-state index contributed by atoms with van der Waals surface area (Å²) in [5, 5.41) is 21.3. The Morgan fingerprint density at radius 3 is 3.05 bits per heavy atom. The molecule has 0 spiro atoms. The van der Waals surface area contributed by atoms with E-state index in [1.165, 1.54) is 18.2 Å². The van der Waals surface area contributed by atoms with Crippen molar-refractivity contribution in [2.45, 2.75) is 18.9 Å². The Morgan fingerprint density at radius 2 is 2.43 bits per heavy atom. The number of halogens is 1. The predicted octanol–water partition coefficient (Wildman–Crippen LogP) is 2.25. The number of hydrogen-bond donors (Lipinski definition) is 2. The van der Waals surface area contributed by atoms with E-state index in [1.807, 2.05) is 6.07 Å². The molecule has 1 amide bonds. The molecule has 1 aromatic rings. The highest BCUT2D eigenvalue weighted by Crippen LogP contribution is 2.24. The number of amides is 1. The topological polar surface area (TPSA) is 82.3 Å². The van der Waals surface area contributed by atoms with Crippen LogP contribution in [-0.2, 0) is 9.53 Å². The van der Waals surface area contributed by atoms with E-state index in [0.717, 1.165) is 12.8 Å². The van der Waals surface area contributed by atoms with Crippen molar-refractivity contribution in [3.8, 4) is 11.8 Å². The summed E-state index contributed by atoms with van der Waals surface area (Å²) >= 11 is 5.79. The second-order valence-corrected chi connectivity index (χ2v) is 5.13. The number of phenols is 1. The van der Waals surface area contributed by atoms with Gasteiger partial charge in [-0.2, -0.15) is 5.26 Å². The van der Waals surface area contributed by atoms with Gasteiger partial charge in [-0.1, -0.05) is 17.7 Å². The molecule has 0 bridgehead atoms. The van der Waals surface area contributed by atoms with E-state index in [4.69, 9.17) is 21.6 Å². The van der Waals surface area contributed by atoms with Gasteiger partial charge < -0.3 is 15.2 Å². The summed E-state index contributed by atoms with van der Waals surface area (Å²) in [4.78, 5) is 11.9. The van der Waals surface area contributed by atoms with Crippen molar-refractivity contribution < 1.29 is 14.6 Å². The molecule has 6 heteroatoms. The molecule has 1 unspecified atom stereocenters. The van der Waals surface area contributed by atoms with E-state index in [9.17, 15) is 9.90 Å². The van der Waals surface area contributed by atoms with Gasteiger partial charge in [-0.15, -0.1) is 0 Å². The van der Waals surface area contributed by atoms with Crippen LogP contribution in [0.5, 0.6) is 5.75 Å². The van der Waals surface area contributed by atoms with Crippen molar-refractivity contribution >= 4 is 23.6 Å². The number of carbonyl (C=O) groups is 1. The van der Waals surface area contributed by atoms with Gasteiger partial charge in [0.05, 0.1) is 11.1 Å². The third-order valence-corrected chi connectivity index (χ3v) is 3.46. The first-order valence-corrected chi connectivity index (χ1v) is 6.98. The van der Waals surface area contributed by atoms with Crippen molar-refractivity contribution in [2.75, 3.05) is 13.2 Å². The number of hydrogen-bond acceptors (Lipinski definition) is 4. The number of rotatable bonds is 4. The molecule has 1 fully saturated rings. The Balaban J connectivity index is 2.03. The molecule has 1 aromatic carbocycles. The zero-order chi connectivity index (χ0) is 15.2. The largest absolute Gasteiger partial charge is 0.506 e. The van der Waals surface area contributed by atoms with Crippen LogP contribution < -0.4 is 5.32 Å². The summed E-state index contributed by atoms with van der Waals surface area (Å²) in [5.41, 5.74) is 0.552. The van der Waals surface area contributed by atoms with Gasteiger partial charge in [-0.25, -0.2) is 0 Å². The van der Waals surface area contributed by atoms with Crippen LogP contribution in [0.15, 0.2) is 23.8 Å². The average molecular weight is 307 g/mol. The molecule has 1 saturated heterocycles. The van der Waals surface area contributed by atoms with Gasteiger partial charge in [-0.3, -0.25) is 4.79 Å². The lowest BCUT2D eigenvalue weighted by atomic mass is 10.1. The third kappa shape index (κ3) is 4.22. The second-order valence-electron chi connectivity index (χ2n) is 4.73. The van der Waals surface area contributed by atoms with Crippen LogP contribution in [0.3, 0.4) is 0 Å². The molecule has 0 aromatic heterocycles. The number of ether oxygens (including phenoxy) is 1. The number of nitrogens with one attached hydrogen (secondary N) is 1. The molecule has 0 radical (unpaired) electrons. The minimum absolute atomic E-state index is 0.0187. The molecule has 5 nitrogen and oxygen atoms in total. The van der Waals surface area contributed by atoms with E-state index in [-0.39, 0.29) is 22.4 Å². The minimum atomic E-state index is -0.447. The molecule has 1 atom stereocenters. The molecule has 0 saturated carbocycles. The Labute approximate surface area is 127 Å². The van der Waals surface area contributed by atoms with Gasteiger partial charge in [0.1, 0.15) is 17.4 Å². The zero-order valence-corrected chi connectivity index (χ0v) is 12.1. The molecular formula is C15H15ClN2O3. The summed E-state index contributed by atoms with van der Waals surface area (Å²) in [7, 11) is 0. The van der Waals surface area contributed by atoms with Crippen LogP contribution in [0.4, 0.5) is 0 Å². The maximum Gasteiger partial charge on any atom is 0.262 e. The number of aromatic hydroxyl groups is 1. The molecule has 110 valence electrons. The summed E-state index contributed by atoms with van der Waals surface area (Å²) in [6.45, 7) is 1.11. The van der Waals surface area contributed by atoms with Gasteiger partial charge in [-0.05, 0) is 36.6 Å². The maximum absolute atomic E-state index is 11.9. The minimum Gasteiger partial charge on any atom is -0.506 e. The van der Waals surface area contributed by atoms with Gasteiger partial charge in [0.2, 0.25) is 0 Å². The summed E-state index contributed by atoms with van der Waals surface area (Å²) < 4.78 is 5.40. The van der Waals surface area contributed by atoms with Crippen LogP contribution in [0.2, 0.25) is 5.02 Å². The van der Waals surface area contributed by atoms with Crippen LogP contribution in [0.25, 0.3) is 6.08 Å². The lowest BCUT2D eigenvalue weighted by Crippen LogP contribution is -2.32. The van der Waals surface area contributed by atoms with Gasteiger partial charge in [0, 0.05) is 13.2 Å². The fraction of sp³-hybridized carbons (Fsp3) is 0.333. The first-order valence-electron chi connectivity index (χ1n) is 6.60. The highest BCUT2D eigenvalue weighted by molar-refractivity contribution is 6.32. The standard InChI is InChI=1S/C15H15ClN2O3/c16-13-7-10(3-4-14(13)19)6-11(8-17)15(20)18-9-12-2-1-5-21-12/h3-4,6-7,12,19H,1-2,5,9H2,(H,18,20).